The maximum Gasteiger partial charge on any atom is 0.355 e. The molecule has 2 radical (unpaired) electrons. The van der Waals surface area contributed by atoms with Crippen LogP contribution in [0.25, 0.3) is 0 Å². The van der Waals surface area contributed by atoms with E-state index in [4.69, 9.17) is 44.3 Å². The summed E-state index contributed by atoms with van der Waals surface area (Å²) in [7, 11) is -2.97. The number of unbranched alkanes of at least 4 members (excludes halogenated alkanes) is 1. The summed E-state index contributed by atoms with van der Waals surface area (Å²) in [4.78, 5) is 0. The predicted octanol–water partition coefficient (Wildman–Crippen LogP) is 3.01. The number of hydrogen-bond donors (Lipinski definition) is 0. The zero-order valence-electron chi connectivity index (χ0n) is 6.08. The van der Waals surface area contributed by atoms with Gasteiger partial charge in [-0.25, -0.2) is 0 Å². The van der Waals surface area contributed by atoms with E-state index < -0.39 is 15.2 Å². The summed E-state index contributed by atoms with van der Waals surface area (Å²) in [6, 6.07) is 0. The highest BCUT2D eigenvalue weighted by Gasteiger charge is 2.24. The summed E-state index contributed by atoms with van der Waals surface area (Å²) >= 11 is 22.9. The van der Waals surface area contributed by atoms with E-state index in [1.165, 1.54) is 0 Å². The SMILES string of the molecule is CCCCN([Si](Cl)Cl)[Si](Cl)Cl. The second kappa shape index (κ2) is 7.01. The molecule has 0 fully saturated rings. The molecule has 0 rings (SSSR count). The average molecular weight is 269 g/mol. The van der Waals surface area contributed by atoms with Gasteiger partial charge in [0, 0.05) is 0 Å². The highest BCUT2D eigenvalue weighted by molar-refractivity contribution is 7.42. The molecule has 0 aliphatic heterocycles. The van der Waals surface area contributed by atoms with Crippen molar-refractivity contribution < 1.29 is 0 Å². The molecule has 0 saturated heterocycles. The topological polar surface area (TPSA) is 3.24 Å². The van der Waals surface area contributed by atoms with Gasteiger partial charge in [-0.3, -0.25) is 4.23 Å². The summed E-state index contributed by atoms with van der Waals surface area (Å²) < 4.78 is 1.81. The lowest BCUT2D eigenvalue weighted by atomic mass is 10.3. The van der Waals surface area contributed by atoms with Gasteiger partial charge >= 0.3 is 15.2 Å². The highest BCUT2D eigenvalue weighted by atomic mass is 35.7. The van der Waals surface area contributed by atoms with E-state index in [1.54, 1.807) is 0 Å². The highest BCUT2D eigenvalue weighted by Crippen LogP contribution is 2.13. The fourth-order valence-corrected chi connectivity index (χ4v) is 7.33. The summed E-state index contributed by atoms with van der Waals surface area (Å²) in [5.74, 6) is 0. The molecule has 0 N–H and O–H groups in total. The Morgan fingerprint density at radius 3 is 1.82 bits per heavy atom. The Labute approximate surface area is 89.7 Å². The largest absolute Gasteiger partial charge is 0.355 e. The first-order valence-corrected chi connectivity index (χ1v) is 10.2. The van der Waals surface area contributed by atoms with Crippen molar-refractivity contribution in [1.29, 1.82) is 0 Å². The molecule has 1 nitrogen and oxygen atoms in total. The number of hydrogen-bond acceptors (Lipinski definition) is 1. The van der Waals surface area contributed by atoms with E-state index in [9.17, 15) is 0 Å². The average Bonchev–Trinajstić information content (AvgIpc) is 1.87. The molecular weight excluding hydrogens is 260 g/mol. The van der Waals surface area contributed by atoms with Gasteiger partial charge in [-0.1, -0.05) is 13.3 Å². The fourth-order valence-electron chi connectivity index (χ4n) is 0.549. The van der Waals surface area contributed by atoms with Crippen LogP contribution in [0.4, 0.5) is 0 Å². The van der Waals surface area contributed by atoms with Crippen molar-refractivity contribution in [3.63, 3.8) is 0 Å². The zero-order chi connectivity index (χ0) is 8.85. The standard InChI is InChI=1S/C4H9Cl4NSi2/c1-2-3-4-9(10(5)6)11(7)8/h2-4H2,1H3. The minimum atomic E-state index is -1.49. The van der Waals surface area contributed by atoms with Crippen LogP contribution in [0, 0.1) is 0 Å². The molecule has 66 valence electrons. The second-order valence-corrected chi connectivity index (χ2v) is 9.93. The quantitative estimate of drug-likeness (QED) is 0.547. The summed E-state index contributed by atoms with van der Waals surface area (Å²) in [6.07, 6.45) is 2.14. The minimum Gasteiger partial charge on any atom is -0.297 e. The third-order valence-corrected chi connectivity index (χ3v) is 7.90. The Morgan fingerprint density at radius 2 is 1.55 bits per heavy atom. The third-order valence-electron chi connectivity index (χ3n) is 1.14. The van der Waals surface area contributed by atoms with Gasteiger partial charge in [0.15, 0.2) is 0 Å². The van der Waals surface area contributed by atoms with Crippen molar-refractivity contribution in [3.8, 4) is 0 Å². The molecule has 0 aromatic rings. The van der Waals surface area contributed by atoms with Crippen LogP contribution in [0.15, 0.2) is 0 Å². The zero-order valence-corrected chi connectivity index (χ0v) is 11.1. The van der Waals surface area contributed by atoms with Gasteiger partial charge in [0.2, 0.25) is 0 Å². The number of rotatable bonds is 5. The molecule has 0 aliphatic rings. The first-order chi connectivity index (χ1) is 5.09. The second-order valence-electron chi connectivity index (χ2n) is 1.99. The van der Waals surface area contributed by atoms with Crippen molar-refractivity contribution >= 4 is 59.5 Å². The molecule has 0 aromatic carbocycles. The molecule has 0 aliphatic carbocycles. The van der Waals surface area contributed by atoms with Crippen molar-refractivity contribution in [3.05, 3.63) is 0 Å². The van der Waals surface area contributed by atoms with Crippen LogP contribution in [0.3, 0.4) is 0 Å². The first kappa shape index (κ1) is 12.6. The smallest absolute Gasteiger partial charge is 0.297 e. The van der Waals surface area contributed by atoms with Crippen molar-refractivity contribution in [2.75, 3.05) is 6.54 Å². The summed E-state index contributed by atoms with van der Waals surface area (Å²) in [6.45, 7) is 2.92. The lowest BCUT2D eigenvalue weighted by Gasteiger charge is -2.20. The number of halogens is 4. The molecule has 7 heteroatoms. The number of nitrogens with zero attached hydrogens (tertiary/aromatic N) is 1. The Bertz CT molecular complexity index is 94.1. The maximum absolute atomic E-state index is 5.72. The molecule has 0 amide bonds. The Morgan fingerprint density at radius 1 is 1.09 bits per heavy atom. The molecule has 0 aromatic heterocycles. The lowest BCUT2D eigenvalue weighted by Crippen LogP contribution is -2.38. The predicted molar refractivity (Wildman–Crippen MR) is 56.5 cm³/mol. The van der Waals surface area contributed by atoms with Crippen LogP contribution in [-0.2, 0) is 0 Å². The van der Waals surface area contributed by atoms with Crippen LogP contribution in [0.1, 0.15) is 19.8 Å². The monoisotopic (exact) mass is 267 g/mol. The normalized spacial score (nSPS) is 12.0. The Balaban J connectivity index is 3.70. The van der Waals surface area contributed by atoms with Crippen LogP contribution in [0.5, 0.6) is 0 Å². The molecule has 0 bridgehead atoms. The van der Waals surface area contributed by atoms with Crippen LogP contribution in [-0.4, -0.2) is 25.9 Å². The molecular formula is C4H9Cl4NSi2. The molecule has 0 atom stereocenters. The Hall–Kier alpha value is 1.55. The molecule has 0 spiro atoms. The van der Waals surface area contributed by atoms with E-state index >= 15 is 0 Å². The molecule has 0 unspecified atom stereocenters. The van der Waals surface area contributed by atoms with E-state index in [0.717, 1.165) is 19.4 Å². The van der Waals surface area contributed by atoms with E-state index in [-0.39, 0.29) is 0 Å². The maximum atomic E-state index is 5.72. The van der Waals surface area contributed by atoms with E-state index in [0.29, 0.717) is 0 Å². The third kappa shape index (κ3) is 5.74. The van der Waals surface area contributed by atoms with Gasteiger partial charge in [0.1, 0.15) is 0 Å². The Kier molecular flexibility index (Phi) is 7.99. The van der Waals surface area contributed by atoms with E-state index in [2.05, 4.69) is 6.92 Å². The van der Waals surface area contributed by atoms with Crippen LogP contribution < -0.4 is 0 Å². The molecule has 11 heavy (non-hydrogen) atoms. The van der Waals surface area contributed by atoms with Gasteiger partial charge in [0.05, 0.1) is 0 Å². The van der Waals surface area contributed by atoms with Crippen LogP contribution >= 0.6 is 44.3 Å². The summed E-state index contributed by atoms with van der Waals surface area (Å²) in [5, 5.41) is 0. The van der Waals surface area contributed by atoms with E-state index in [1.807, 2.05) is 4.23 Å². The molecule has 0 saturated carbocycles. The summed E-state index contributed by atoms with van der Waals surface area (Å²) in [5.41, 5.74) is 0. The molecule has 0 heterocycles. The fraction of sp³-hybridized carbons (Fsp3) is 1.00. The van der Waals surface area contributed by atoms with Gasteiger partial charge in [-0.05, 0) is 13.0 Å². The van der Waals surface area contributed by atoms with Crippen LogP contribution in [0.2, 0.25) is 0 Å². The first-order valence-electron chi connectivity index (χ1n) is 3.23. The van der Waals surface area contributed by atoms with Crippen molar-refractivity contribution in [1.82, 2.24) is 4.23 Å². The van der Waals surface area contributed by atoms with Crippen molar-refractivity contribution in [2.24, 2.45) is 0 Å². The minimum absolute atomic E-state index is 0.819. The van der Waals surface area contributed by atoms with Gasteiger partial charge < -0.3 is 0 Å². The lowest BCUT2D eigenvalue weighted by molar-refractivity contribution is 0.622. The van der Waals surface area contributed by atoms with Crippen molar-refractivity contribution in [2.45, 2.75) is 19.8 Å². The van der Waals surface area contributed by atoms with Gasteiger partial charge in [-0.15, -0.1) is 44.3 Å². The van der Waals surface area contributed by atoms with Gasteiger partial charge in [0.25, 0.3) is 0 Å². The van der Waals surface area contributed by atoms with Gasteiger partial charge in [-0.2, -0.15) is 0 Å².